The molecule has 2 aromatic rings. The fourth-order valence-corrected chi connectivity index (χ4v) is 4.05. The molecule has 1 atom stereocenters. The molecule has 0 aliphatic carbocycles. The lowest BCUT2D eigenvalue weighted by atomic mass is 10.1. The normalized spacial score (nSPS) is 17.3. The van der Waals surface area contributed by atoms with Gasteiger partial charge in [0, 0.05) is 12.0 Å². The van der Waals surface area contributed by atoms with Crippen LogP contribution >= 0.6 is 0 Å². The van der Waals surface area contributed by atoms with Crippen molar-refractivity contribution in [1.29, 1.82) is 0 Å². The van der Waals surface area contributed by atoms with E-state index in [0.717, 1.165) is 0 Å². The number of rotatable bonds is 3. The predicted octanol–water partition coefficient (Wildman–Crippen LogP) is 2.19. The Hall–Kier alpha value is -2.08. The molecule has 21 heavy (non-hydrogen) atoms. The number of para-hydroxylation sites is 1. The van der Waals surface area contributed by atoms with Gasteiger partial charge in [-0.25, -0.2) is 12.8 Å². The second-order valence-corrected chi connectivity index (χ2v) is 7.02. The van der Waals surface area contributed by atoms with Crippen molar-refractivity contribution in [2.75, 3.05) is 11.5 Å². The van der Waals surface area contributed by atoms with Gasteiger partial charge in [0.1, 0.15) is 17.7 Å². The topological polar surface area (TPSA) is 69.4 Å². The van der Waals surface area contributed by atoms with Crippen LogP contribution in [0, 0.1) is 5.82 Å². The van der Waals surface area contributed by atoms with Crippen molar-refractivity contribution in [2.45, 2.75) is 17.4 Å². The molecular formula is C15H14FNO3S. The Morgan fingerprint density at radius 3 is 2.76 bits per heavy atom. The van der Waals surface area contributed by atoms with E-state index in [1.54, 1.807) is 18.2 Å². The zero-order valence-electron chi connectivity index (χ0n) is 11.1. The first-order valence-electron chi connectivity index (χ1n) is 6.48. The summed E-state index contributed by atoms with van der Waals surface area (Å²) in [6.07, 6.45) is -0.148. The summed E-state index contributed by atoms with van der Waals surface area (Å²) in [5.74, 6) is 0.00290. The van der Waals surface area contributed by atoms with E-state index in [4.69, 9.17) is 10.5 Å². The number of anilines is 1. The molecule has 1 aliphatic heterocycles. The molecule has 2 N–H and O–H groups in total. The molecule has 0 bridgehead atoms. The summed E-state index contributed by atoms with van der Waals surface area (Å²) >= 11 is 0. The number of ether oxygens (including phenoxy) is 1. The van der Waals surface area contributed by atoms with Crippen molar-refractivity contribution in [1.82, 2.24) is 0 Å². The van der Waals surface area contributed by atoms with Crippen molar-refractivity contribution in [3.63, 3.8) is 0 Å². The first-order valence-corrected chi connectivity index (χ1v) is 8.13. The predicted molar refractivity (Wildman–Crippen MR) is 77.4 cm³/mol. The maximum Gasteiger partial charge on any atom is 0.184 e. The summed E-state index contributed by atoms with van der Waals surface area (Å²) in [6, 6.07) is 10.5. The van der Waals surface area contributed by atoms with E-state index in [9.17, 15) is 12.8 Å². The van der Waals surface area contributed by atoms with E-state index < -0.39 is 15.9 Å². The molecule has 0 aromatic heterocycles. The zero-order valence-corrected chi connectivity index (χ0v) is 11.9. The smallest absolute Gasteiger partial charge is 0.184 e. The van der Waals surface area contributed by atoms with Crippen LogP contribution in [0.2, 0.25) is 0 Å². The highest BCUT2D eigenvalue weighted by Gasteiger charge is 2.29. The van der Waals surface area contributed by atoms with Crippen LogP contribution < -0.4 is 10.5 Å². The number of nitrogen functional groups attached to an aromatic ring is 1. The molecule has 1 heterocycles. The molecule has 0 radical (unpaired) electrons. The zero-order chi connectivity index (χ0) is 15.0. The van der Waals surface area contributed by atoms with Crippen molar-refractivity contribution < 1.29 is 17.5 Å². The monoisotopic (exact) mass is 307 g/mol. The van der Waals surface area contributed by atoms with E-state index in [0.29, 0.717) is 17.7 Å². The van der Waals surface area contributed by atoms with E-state index in [-0.39, 0.29) is 22.2 Å². The van der Waals surface area contributed by atoms with Crippen LogP contribution in [0.15, 0.2) is 47.4 Å². The van der Waals surface area contributed by atoms with Crippen LogP contribution in [-0.4, -0.2) is 20.3 Å². The number of hydrogen-bond donors (Lipinski definition) is 1. The molecule has 0 spiro atoms. The molecule has 6 heteroatoms. The molecule has 1 unspecified atom stereocenters. The minimum Gasteiger partial charge on any atom is -0.489 e. The van der Waals surface area contributed by atoms with Crippen LogP contribution in [0.25, 0.3) is 0 Å². The number of sulfone groups is 1. The fraction of sp³-hybridized carbons (Fsp3) is 0.200. The minimum absolute atomic E-state index is 0.107. The van der Waals surface area contributed by atoms with Gasteiger partial charge in [-0.2, -0.15) is 0 Å². The highest BCUT2D eigenvalue weighted by Crippen LogP contribution is 2.31. The van der Waals surface area contributed by atoms with Crippen molar-refractivity contribution in [3.8, 4) is 5.75 Å². The third-order valence-corrected chi connectivity index (χ3v) is 5.28. The number of nitrogens with two attached hydrogens (primary N) is 1. The van der Waals surface area contributed by atoms with Gasteiger partial charge < -0.3 is 10.5 Å². The Balaban J connectivity index is 1.81. The Morgan fingerprint density at radius 1 is 1.24 bits per heavy atom. The van der Waals surface area contributed by atoms with E-state index >= 15 is 0 Å². The first kappa shape index (κ1) is 13.9. The molecule has 0 fully saturated rings. The number of hydrogen-bond acceptors (Lipinski definition) is 4. The number of halogens is 1. The molecule has 1 aliphatic rings. The van der Waals surface area contributed by atoms with Crippen molar-refractivity contribution >= 4 is 15.5 Å². The summed E-state index contributed by atoms with van der Waals surface area (Å²) < 4.78 is 43.5. The lowest BCUT2D eigenvalue weighted by molar-refractivity contribution is 0.256. The Bertz CT molecular complexity index is 789. The fourth-order valence-electron chi connectivity index (χ4n) is 2.48. The Morgan fingerprint density at radius 2 is 2.00 bits per heavy atom. The first-order chi connectivity index (χ1) is 9.95. The second-order valence-electron chi connectivity index (χ2n) is 5.02. The third-order valence-electron chi connectivity index (χ3n) is 3.42. The average molecular weight is 307 g/mol. The second kappa shape index (κ2) is 5.04. The molecule has 4 nitrogen and oxygen atoms in total. The van der Waals surface area contributed by atoms with Crippen LogP contribution in [0.3, 0.4) is 0 Å². The average Bonchev–Trinajstić information content (AvgIpc) is 2.79. The van der Waals surface area contributed by atoms with Gasteiger partial charge in [-0.3, -0.25) is 0 Å². The third kappa shape index (κ3) is 2.71. The van der Waals surface area contributed by atoms with Gasteiger partial charge in [0.05, 0.1) is 16.3 Å². The van der Waals surface area contributed by atoms with Crippen LogP contribution in [0.5, 0.6) is 5.75 Å². The quantitative estimate of drug-likeness (QED) is 0.883. The van der Waals surface area contributed by atoms with Crippen LogP contribution in [-0.2, 0) is 16.3 Å². The highest BCUT2D eigenvalue weighted by molar-refractivity contribution is 7.91. The molecule has 0 amide bonds. The summed E-state index contributed by atoms with van der Waals surface area (Å²) in [5, 5.41) is 0. The summed E-state index contributed by atoms with van der Waals surface area (Å²) in [6.45, 7) is 0. The van der Waals surface area contributed by atoms with Gasteiger partial charge in [-0.1, -0.05) is 12.1 Å². The largest absolute Gasteiger partial charge is 0.489 e. The molecule has 2 aromatic carbocycles. The maximum atomic E-state index is 13.2. The van der Waals surface area contributed by atoms with Gasteiger partial charge in [-0.15, -0.1) is 0 Å². The van der Waals surface area contributed by atoms with Gasteiger partial charge in [-0.05, 0) is 30.3 Å². The maximum absolute atomic E-state index is 13.2. The Kier molecular flexibility index (Phi) is 3.33. The Labute approximate surface area is 122 Å². The number of fused-ring (bicyclic) bond motifs is 1. The molecule has 0 saturated heterocycles. The van der Waals surface area contributed by atoms with Crippen LogP contribution in [0.4, 0.5) is 10.1 Å². The minimum atomic E-state index is -3.55. The van der Waals surface area contributed by atoms with Gasteiger partial charge >= 0.3 is 0 Å². The lowest BCUT2D eigenvalue weighted by Gasteiger charge is -2.12. The van der Waals surface area contributed by atoms with Gasteiger partial charge in [0.2, 0.25) is 0 Å². The molecule has 110 valence electrons. The van der Waals surface area contributed by atoms with E-state index in [2.05, 4.69) is 0 Å². The summed E-state index contributed by atoms with van der Waals surface area (Å²) in [4.78, 5) is 0.107. The molecular weight excluding hydrogens is 293 g/mol. The lowest BCUT2D eigenvalue weighted by Crippen LogP contribution is -2.25. The van der Waals surface area contributed by atoms with Gasteiger partial charge in [0.25, 0.3) is 0 Å². The highest BCUT2D eigenvalue weighted by atomic mass is 32.2. The van der Waals surface area contributed by atoms with Crippen LogP contribution in [0.1, 0.15) is 5.56 Å². The molecule has 0 saturated carbocycles. The number of benzene rings is 2. The van der Waals surface area contributed by atoms with Gasteiger partial charge in [0.15, 0.2) is 9.84 Å². The summed E-state index contributed by atoms with van der Waals surface area (Å²) in [7, 11) is -3.55. The molecule has 3 rings (SSSR count). The van der Waals surface area contributed by atoms with E-state index in [1.807, 2.05) is 0 Å². The van der Waals surface area contributed by atoms with Crippen molar-refractivity contribution in [2.24, 2.45) is 0 Å². The summed E-state index contributed by atoms with van der Waals surface area (Å²) in [5.41, 5.74) is 6.63. The SMILES string of the molecule is Nc1ccccc1S(=O)(=O)CC1Cc2cc(F)ccc2O1. The van der Waals surface area contributed by atoms with E-state index in [1.165, 1.54) is 24.3 Å². The standard InChI is InChI=1S/C15H14FNO3S/c16-11-5-6-14-10(7-11)8-12(20-14)9-21(18,19)15-4-2-1-3-13(15)17/h1-7,12H,8-9,17H2. The van der Waals surface area contributed by atoms with Crippen molar-refractivity contribution in [3.05, 3.63) is 53.8 Å².